The third-order valence-electron chi connectivity index (χ3n) is 11.8. The molecule has 3 aliphatic heterocycles. The summed E-state index contributed by atoms with van der Waals surface area (Å²) >= 11 is 0. The maximum absolute atomic E-state index is 7.57. The van der Waals surface area contributed by atoms with E-state index >= 15 is 0 Å². The third kappa shape index (κ3) is 3.22. The van der Waals surface area contributed by atoms with Crippen molar-refractivity contribution in [2.45, 2.75) is 81.5 Å². The SMILES string of the molecule is CN1CCN(C2CCC3=CC4=CCC5(C)C(c6ccc7ccncc7c6)CCC5C45CCC3(C2)O5)CC1. The van der Waals surface area contributed by atoms with Crippen LogP contribution in [0.4, 0.5) is 0 Å². The first-order valence-electron chi connectivity index (χ1n) is 14.9. The zero-order valence-electron chi connectivity index (χ0n) is 22.6. The molecule has 6 atom stereocenters. The van der Waals surface area contributed by atoms with Crippen molar-refractivity contribution in [1.29, 1.82) is 0 Å². The average Bonchev–Trinajstić information content (AvgIpc) is 3.43. The second-order valence-electron chi connectivity index (χ2n) is 13.4. The highest BCUT2D eigenvalue weighted by Gasteiger charge is 2.66. The lowest BCUT2D eigenvalue weighted by Gasteiger charge is -2.55. The minimum Gasteiger partial charge on any atom is -0.359 e. The molecule has 6 unspecified atom stereocenters. The van der Waals surface area contributed by atoms with E-state index in [4.69, 9.17) is 4.74 Å². The Kier molecular flexibility index (Phi) is 4.96. The van der Waals surface area contributed by atoms with Crippen LogP contribution in [-0.2, 0) is 4.74 Å². The fourth-order valence-corrected chi connectivity index (χ4v) is 9.75. The Hall–Kier alpha value is -2.01. The van der Waals surface area contributed by atoms with E-state index in [2.05, 4.69) is 65.2 Å². The van der Waals surface area contributed by atoms with Crippen molar-refractivity contribution < 1.29 is 4.74 Å². The summed E-state index contributed by atoms with van der Waals surface area (Å²) in [5.74, 6) is 1.19. The highest BCUT2D eigenvalue weighted by atomic mass is 16.5. The van der Waals surface area contributed by atoms with Crippen molar-refractivity contribution in [3.05, 3.63) is 65.5 Å². The van der Waals surface area contributed by atoms with E-state index in [-0.39, 0.29) is 16.6 Å². The van der Waals surface area contributed by atoms with Crippen molar-refractivity contribution in [3.8, 4) is 0 Å². The van der Waals surface area contributed by atoms with Crippen molar-refractivity contribution >= 4 is 10.8 Å². The molecule has 4 nitrogen and oxygen atoms in total. The molecule has 4 heteroatoms. The molecule has 8 rings (SSSR count). The first kappa shape index (κ1) is 22.9. The number of ether oxygens (including phenoxy) is 1. The average molecular weight is 496 g/mol. The third-order valence-corrected chi connectivity index (χ3v) is 11.8. The van der Waals surface area contributed by atoms with Gasteiger partial charge in [-0.15, -0.1) is 0 Å². The summed E-state index contributed by atoms with van der Waals surface area (Å²) in [5, 5.41) is 2.57. The van der Waals surface area contributed by atoms with Crippen LogP contribution in [0.1, 0.15) is 69.8 Å². The summed E-state index contributed by atoms with van der Waals surface area (Å²) in [6, 6.07) is 9.95. The number of nitrogens with zero attached hydrogens (tertiary/aromatic N) is 3. The van der Waals surface area contributed by atoms with E-state index in [1.54, 1.807) is 11.1 Å². The van der Waals surface area contributed by atoms with Gasteiger partial charge in [0.15, 0.2) is 0 Å². The van der Waals surface area contributed by atoms with Crippen molar-refractivity contribution in [1.82, 2.24) is 14.8 Å². The number of hydrogen-bond acceptors (Lipinski definition) is 4. The molecule has 3 aliphatic carbocycles. The van der Waals surface area contributed by atoms with Crippen LogP contribution in [-0.4, -0.2) is 65.3 Å². The Morgan fingerprint density at radius 2 is 1.89 bits per heavy atom. The predicted octanol–water partition coefficient (Wildman–Crippen LogP) is 6.09. The quantitative estimate of drug-likeness (QED) is 0.504. The molecular formula is C33H41N3O. The van der Waals surface area contributed by atoms with E-state index in [1.807, 2.05) is 12.4 Å². The summed E-state index contributed by atoms with van der Waals surface area (Å²) < 4.78 is 7.57. The van der Waals surface area contributed by atoms with Gasteiger partial charge in [-0.2, -0.15) is 0 Å². The molecule has 4 heterocycles. The number of fused-ring (bicyclic) bond motifs is 2. The Labute approximate surface area is 221 Å². The number of pyridine rings is 1. The van der Waals surface area contributed by atoms with E-state index in [0.717, 1.165) is 0 Å². The number of rotatable bonds is 2. The van der Waals surface area contributed by atoms with E-state index in [1.165, 1.54) is 93.9 Å². The van der Waals surface area contributed by atoms with Gasteiger partial charge in [0, 0.05) is 50.0 Å². The largest absolute Gasteiger partial charge is 0.359 e. The first-order valence-corrected chi connectivity index (χ1v) is 14.9. The maximum Gasteiger partial charge on any atom is 0.0974 e. The fraction of sp³-hybridized carbons (Fsp3) is 0.606. The predicted molar refractivity (Wildman–Crippen MR) is 149 cm³/mol. The minimum absolute atomic E-state index is 0.00540. The van der Waals surface area contributed by atoms with Crippen molar-refractivity contribution in [2.24, 2.45) is 11.3 Å². The highest BCUT2D eigenvalue weighted by molar-refractivity contribution is 5.82. The summed E-state index contributed by atoms with van der Waals surface area (Å²) in [6.07, 6.45) is 19.1. The van der Waals surface area contributed by atoms with Gasteiger partial charge >= 0.3 is 0 Å². The van der Waals surface area contributed by atoms with Gasteiger partial charge < -0.3 is 9.64 Å². The number of likely N-dealkylation sites (N-methyl/N-ethyl adjacent to an activating group) is 1. The molecule has 194 valence electrons. The highest BCUT2D eigenvalue weighted by Crippen LogP contribution is 2.69. The summed E-state index contributed by atoms with van der Waals surface area (Å²) in [4.78, 5) is 9.67. The molecule has 2 spiro atoms. The van der Waals surface area contributed by atoms with Gasteiger partial charge in [0.1, 0.15) is 0 Å². The van der Waals surface area contributed by atoms with Crippen LogP contribution < -0.4 is 0 Å². The number of allylic oxidation sites excluding steroid dienone is 1. The van der Waals surface area contributed by atoms with Gasteiger partial charge in [-0.3, -0.25) is 9.88 Å². The van der Waals surface area contributed by atoms with Crippen molar-refractivity contribution in [3.63, 3.8) is 0 Å². The smallest absolute Gasteiger partial charge is 0.0974 e. The molecule has 1 aromatic heterocycles. The number of hydrogen-bond donors (Lipinski definition) is 0. The Balaban J connectivity index is 1.12. The molecule has 37 heavy (non-hydrogen) atoms. The zero-order chi connectivity index (χ0) is 24.8. The monoisotopic (exact) mass is 495 g/mol. The van der Waals surface area contributed by atoms with Crippen LogP contribution in [0.15, 0.2) is 60.0 Å². The lowest BCUT2D eigenvalue weighted by atomic mass is 9.58. The lowest BCUT2D eigenvalue weighted by Crippen LogP contribution is -2.57. The molecule has 0 N–H and O–H groups in total. The number of benzene rings is 1. The molecular weight excluding hydrogens is 454 g/mol. The number of aromatic nitrogens is 1. The Morgan fingerprint density at radius 3 is 2.78 bits per heavy atom. The van der Waals surface area contributed by atoms with E-state index < -0.39 is 0 Å². The Bertz CT molecular complexity index is 1310. The van der Waals surface area contributed by atoms with Gasteiger partial charge in [0.2, 0.25) is 0 Å². The normalized spacial score (nSPS) is 41.6. The summed E-state index contributed by atoms with van der Waals surface area (Å²) in [5.41, 5.74) is 4.85. The maximum atomic E-state index is 7.57. The second-order valence-corrected chi connectivity index (χ2v) is 13.4. The molecule has 0 amide bonds. The van der Waals surface area contributed by atoms with Gasteiger partial charge in [-0.05, 0) is 110 Å². The van der Waals surface area contributed by atoms with Gasteiger partial charge in [0.25, 0.3) is 0 Å². The van der Waals surface area contributed by atoms with Gasteiger partial charge in [-0.25, -0.2) is 0 Å². The topological polar surface area (TPSA) is 28.6 Å². The summed E-state index contributed by atoms with van der Waals surface area (Å²) in [7, 11) is 2.26. The fourth-order valence-electron chi connectivity index (χ4n) is 9.75. The van der Waals surface area contributed by atoms with Crippen LogP contribution in [0.3, 0.4) is 0 Å². The van der Waals surface area contributed by atoms with E-state index in [9.17, 15) is 0 Å². The second kappa shape index (κ2) is 8.00. The Morgan fingerprint density at radius 1 is 1.00 bits per heavy atom. The molecule has 6 aliphatic rings. The standard InChI is InChI=1S/C33H41N3O/c1-31-11-9-27-20-26-5-6-28(36-17-15-35(2)16-18-36)21-32(26)12-13-33(27,37-32)30(31)8-7-29(31)24-4-3-23-10-14-34-22-25(23)19-24/h3-4,9-10,14,19-20,22,28-30H,5-8,11-13,15-18,21H2,1-2H3. The molecule has 2 aromatic rings. The van der Waals surface area contributed by atoms with Crippen LogP contribution in [0.2, 0.25) is 0 Å². The minimum atomic E-state index is -0.0618. The van der Waals surface area contributed by atoms with Crippen molar-refractivity contribution in [2.75, 3.05) is 33.2 Å². The molecule has 2 saturated carbocycles. The molecule has 0 radical (unpaired) electrons. The molecule has 1 aromatic carbocycles. The van der Waals surface area contributed by atoms with Crippen LogP contribution in [0, 0.1) is 11.3 Å². The summed E-state index contributed by atoms with van der Waals surface area (Å²) in [6.45, 7) is 7.44. The van der Waals surface area contributed by atoms with E-state index in [0.29, 0.717) is 17.9 Å². The first-order chi connectivity index (χ1) is 18.0. The molecule has 2 bridgehead atoms. The molecule has 2 saturated heterocycles. The van der Waals surface area contributed by atoms with Crippen LogP contribution >= 0.6 is 0 Å². The van der Waals surface area contributed by atoms with Gasteiger partial charge in [0.05, 0.1) is 11.2 Å². The zero-order valence-corrected chi connectivity index (χ0v) is 22.6. The molecule has 4 fully saturated rings. The number of piperazine rings is 1. The van der Waals surface area contributed by atoms with Crippen LogP contribution in [0.5, 0.6) is 0 Å². The van der Waals surface area contributed by atoms with Crippen LogP contribution in [0.25, 0.3) is 10.8 Å². The lowest BCUT2D eigenvalue weighted by molar-refractivity contribution is -0.141. The van der Waals surface area contributed by atoms with Gasteiger partial charge in [-0.1, -0.05) is 31.2 Å².